The highest BCUT2D eigenvalue weighted by molar-refractivity contribution is 5.77. The molecule has 1 aliphatic heterocycles. The van der Waals surface area contributed by atoms with Gasteiger partial charge >= 0.3 is 5.97 Å². The van der Waals surface area contributed by atoms with Crippen LogP contribution in [0.3, 0.4) is 0 Å². The van der Waals surface area contributed by atoms with Crippen molar-refractivity contribution in [3.63, 3.8) is 0 Å². The fraction of sp³-hybridized carbons (Fsp3) is 0.462. The molecule has 110 valence electrons. The molecule has 0 spiro atoms. The Bertz CT molecular complexity index is 528. The third-order valence-corrected chi connectivity index (χ3v) is 3.10. The molecule has 2 rings (SSSR count). The zero-order valence-corrected chi connectivity index (χ0v) is 10.9. The molecular formula is C13H15F2NO4. The quantitative estimate of drug-likeness (QED) is 0.880. The number of benzene rings is 1. The zero-order valence-electron chi connectivity index (χ0n) is 10.9. The molecule has 0 amide bonds. The van der Waals surface area contributed by atoms with Gasteiger partial charge in [0.25, 0.3) is 5.92 Å². The standard InChI is InChI=1S/C13H15F2NO4/c1-13(14,15)9-5-11-10(19-2-3-20-11)4-7(9)8(6-16)12(17)18/h4-5,8H,2-3,6,16H2,1H3,(H,17,18). The van der Waals surface area contributed by atoms with Crippen molar-refractivity contribution in [1.29, 1.82) is 0 Å². The van der Waals surface area contributed by atoms with Gasteiger partial charge in [-0.2, -0.15) is 0 Å². The fourth-order valence-corrected chi connectivity index (χ4v) is 2.13. The Kier molecular flexibility index (Phi) is 3.80. The molecule has 1 aliphatic rings. The molecule has 1 atom stereocenters. The minimum atomic E-state index is -3.20. The van der Waals surface area contributed by atoms with Crippen LogP contribution in [0.2, 0.25) is 0 Å². The molecule has 0 saturated carbocycles. The topological polar surface area (TPSA) is 81.8 Å². The Morgan fingerprint density at radius 2 is 1.95 bits per heavy atom. The van der Waals surface area contributed by atoms with E-state index in [1.165, 1.54) is 6.07 Å². The maximum absolute atomic E-state index is 13.7. The highest BCUT2D eigenvalue weighted by Crippen LogP contribution is 2.41. The summed E-state index contributed by atoms with van der Waals surface area (Å²) in [6.07, 6.45) is 0. The molecule has 1 aromatic rings. The normalized spacial score (nSPS) is 15.8. The number of hydrogen-bond donors (Lipinski definition) is 2. The molecule has 0 aliphatic carbocycles. The first-order valence-corrected chi connectivity index (χ1v) is 6.09. The Morgan fingerprint density at radius 3 is 2.40 bits per heavy atom. The first-order valence-electron chi connectivity index (χ1n) is 6.09. The smallest absolute Gasteiger partial charge is 0.312 e. The molecular weight excluding hydrogens is 272 g/mol. The highest BCUT2D eigenvalue weighted by atomic mass is 19.3. The average molecular weight is 287 g/mol. The molecule has 0 saturated heterocycles. The minimum Gasteiger partial charge on any atom is -0.486 e. The minimum absolute atomic E-state index is 0.0447. The molecule has 1 heterocycles. The maximum Gasteiger partial charge on any atom is 0.312 e. The number of nitrogens with two attached hydrogens (primary N) is 1. The van der Waals surface area contributed by atoms with Crippen LogP contribution in [0.4, 0.5) is 8.78 Å². The van der Waals surface area contributed by atoms with Crippen molar-refractivity contribution in [3.05, 3.63) is 23.3 Å². The van der Waals surface area contributed by atoms with E-state index in [1.807, 2.05) is 0 Å². The van der Waals surface area contributed by atoms with Crippen LogP contribution in [0.5, 0.6) is 11.5 Å². The van der Waals surface area contributed by atoms with Gasteiger partial charge in [0.15, 0.2) is 11.5 Å². The molecule has 0 bridgehead atoms. The van der Waals surface area contributed by atoms with Crippen LogP contribution in [0.25, 0.3) is 0 Å². The molecule has 0 radical (unpaired) electrons. The van der Waals surface area contributed by atoms with Gasteiger partial charge in [-0.1, -0.05) is 0 Å². The van der Waals surface area contributed by atoms with E-state index in [0.717, 1.165) is 6.07 Å². The summed E-state index contributed by atoms with van der Waals surface area (Å²) in [5.74, 6) is -5.22. The van der Waals surface area contributed by atoms with Gasteiger partial charge in [0, 0.05) is 19.0 Å². The van der Waals surface area contributed by atoms with Gasteiger partial charge in [-0.15, -0.1) is 0 Å². The van der Waals surface area contributed by atoms with E-state index in [0.29, 0.717) is 6.92 Å². The molecule has 20 heavy (non-hydrogen) atoms. The number of fused-ring (bicyclic) bond motifs is 1. The van der Waals surface area contributed by atoms with Crippen molar-refractivity contribution in [2.75, 3.05) is 19.8 Å². The predicted molar refractivity (Wildman–Crippen MR) is 66.4 cm³/mol. The number of ether oxygens (including phenoxy) is 2. The summed E-state index contributed by atoms with van der Waals surface area (Å²) < 4.78 is 38.0. The molecule has 3 N–H and O–H groups in total. The molecule has 5 nitrogen and oxygen atoms in total. The monoisotopic (exact) mass is 287 g/mol. The summed E-state index contributed by atoms with van der Waals surface area (Å²) >= 11 is 0. The largest absolute Gasteiger partial charge is 0.486 e. The molecule has 1 unspecified atom stereocenters. The summed E-state index contributed by atoms with van der Waals surface area (Å²) in [6.45, 7) is 0.977. The van der Waals surface area contributed by atoms with Crippen LogP contribution in [0, 0.1) is 0 Å². The van der Waals surface area contributed by atoms with E-state index in [1.54, 1.807) is 0 Å². The van der Waals surface area contributed by atoms with Gasteiger partial charge in [-0.25, -0.2) is 8.78 Å². The van der Waals surface area contributed by atoms with Crippen LogP contribution in [-0.4, -0.2) is 30.8 Å². The lowest BCUT2D eigenvalue weighted by atomic mass is 9.90. The van der Waals surface area contributed by atoms with Crippen LogP contribution in [-0.2, 0) is 10.7 Å². The van der Waals surface area contributed by atoms with E-state index < -0.39 is 23.4 Å². The van der Waals surface area contributed by atoms with Crippen molar-refractivity contribution in [2.45, 2.75) is 18.8 Å². The summed E-state index contributed by atoms with van der Waals surface area (Å²) in [5, 5.41) is 9.12. The molecule has 0 fully saturated rings. The van der Waals surface area contributed by atoms with Crippen molar-refractivity contribution < 1.29 is 28.2 Å². The van der Waals surface area contributed by atoms with Crippen molar-refractivity contribution in [3.8, 4) is 11.5 Å². The first-order chi connectivity index (χ1) is 9.34. The summed E-state index contributed by atoms with van der Waals surface area (Å²) in [6, 6.07) is 2.42. The highest BCUT2D eigenvalue weighted by Gasteiger charge is 2.34. The number of hydrogen-bond acceptors (Lipinski definition) is 4. The lowest BCUT2D eigenvalue weighted by Gasteiger charge is -2.25. The Hall–Kier alpha value is -1.89. The second-order valence-corrected chi connectivity index (χ2v) is 4.60. The predicted octanol–water partition coefficient (Wildman–Crippen LogP) is 1.70. The SMILES string of the molecule is CC(F)(F)c1cc2c(cc1C(CN)C(=O)O)OCCO2. The first kappa shape index (κ1) is 14.5. The molecule has 1 aromatic carbocycles. The number of carboxylic acid groups (broad SMARTS) is 1. The Balaban J connectivity index is 2.60. The van der Waals surface area contributed by atoms with Gasteiger partial charge in [0.1, 0.15) is 13.2 Å². The Morgan fingerprint density at radius 1 is 1.40 bits per heavy atom. The van der Waals surface area contributed by atoms with Crippen molar-refractivity contribution in [1.82, 2.24) is 0 Å². The summed E-state index contributed by atoms with van der Waals surface area (Å²) in [4.78, 5) is 11.2. The van der Waals surface area contributed by atoms with E-state index in [2.05, 4.69) is 0 Å². The Labute approximate surface area is 114 Å². The molecule has 0 aromatic heterocycles. The number of alkyl halides is 2. The van der Waals surface area contributed by atoms with E-state index in [9.17, 15) is 13.6 Å². The number of carbonyl (C=O) groups is 1. The van der Waals surface area contributed by atoms with Gasteiger partial charge in [0.05, 0.1) is 5.92 Å². The van der Waals surface area contributed by atoms with Gasteiger partial charge < -0.3 is 20.3 Å². The van der Waals surface area contributed by atoms with Gasteiger partial charge in [-0.3, -0.25) is 4.79 Å². The zero-order chi connectivity index (χ0) is 14.9. The third kappa shape index (κ3) is 2.67. The van der Waals surface area contributed by atoms with Crippen LogP contribution >= 0.6 is 0 Å². The maximum atomic E-state index is 13.7. The van der Waals surface area contributed by atoms with Gasteiger partial charge in [0.2, 0.25) is 0 Å². The average Bonchev–Trinajstić information content (AvgIpc) is 2.37. The van der Waals surface area contributed by atoms with E-state index in [4.69, 9.17) is 20.3 Å². The fourth-order valence-electron chi connectivity index (χ4n) is 2.13. The number of halogens is 2. The van der Waals surface area contributed by atoms with Crippen LogP contribution < -0.4 is 15.2 Å². The number of rotatable bonds is 4. The van der Waals surface area contributed by atoms with Crippen molar-refractivity contribution in [2.24, 2.45) is 5.73 Å². The van der Waals surface area contributed by atoms with Crippen LogP contribution in [0.1, 0.15) is 24.0 Å². The second kappa shape index (κ2) is 5.24. The lowest BCUT2D eigenvalue weighted by molar-refractivity contribution is -0.138. The lowest BCUT2D eigenvalue weighted by Crippen LogP contribution is -2.26. The third-order valence-electron chi connectivity index (χ3n) is 3.10. The number of aliphatic carboxylic acids is 1. The second-order valence-electron chi connectivity index (χ2n) is 4.60. The summed E-state index contributed by atoms with van der Waals surface area (Å²) in [7, 11) is 0. The van der Waals surface area contributed by atoms with E-state index >= 15 is 0 Å². The van der Waals surface area contributed by atoms with Crippen molar-refractivity contribution >= 4 is 5.97 Å². The van der Waals surface area contributed by atoms with E-state index in [-0.39, 0.29) is 36.8 Å². The molecule has 7 heteroatoms. The van der Waals surface area contributed by atoms with Crippen LogP contribution in [0.15, 0.2) is 12.1 Å². The summed E-state index contributed by atoms with van der Waals surface area (Å²) in [5.41, 5.74) is 4.95. The number of carboxylic acids is 1. The van der Waals surface area contributed by atoms with Gasteiger partial charge in [-0.05, 0) is 17.7 Å².